The maximum atomic E-state index is 14.3. The van der Waals surface area contributed by atoms with Gasteiger partial charge in [-0.25, -0.2) is 29.1 Å². The highest BCUT2D eigenvalue weighted by Crippen LogP contribution is 2.50. The number of rotatable bonds is 12. The van der Waals surface area contributed by atoms with Crippen LogP contribution in [0.25, 0.3) is 43.2 Å². The smallest absolute Gasteiger partial charge is 0.347 e. The lowest BCUT2D eigenvalue weighted by Gasteiger charge is -2.22. The number of hydrogen-bond acceptors (Lipinski definition) is 15. The molecule has 2 aliphatic rings. The molecule has 0 aliphatic carbocycles. The minimum atomic E-state index is -4.24. The fourth-order valence-corrected chi connectivity index (χ4v) is 10.1. The van der Waals surface area contributed by atoms with Crippen LogP contribution < -0.4 is 23.7 Å². The summed E-state index contributed by atoms with van der Waals surface area (Å²) in [5.74, 6) is 0.887. The Bertz CT molecular complexity index is 3320. The maximum absolute atomic E-state index is 14.3. The van der Waals surface area contributed by atoms with Crippen molar-refractivity contribution >= 4 is 49.2 Å². The zero-order valence-corrected chi connectivity index (χ0v) is 40.6. The number of nitrogens with zero attached hydrogens (tertiary/aromatic N) is 4. The Morgan fingerprint density at radius 3 is 2.49 bits per heavy atom. The number of benzene rings is 5. The van der Waals surface area contributed by atoms with Crippen LogP contribution in [-0.2, 0) is 36.9 Å². The second kappa shape index (κ2) is 20.8. The SMILES string of the molecule is CCOC(=O)[C@H]1Cc2cc(ccc2OCc2ccnc(-c3ccccc3OC)n2)O[C@@H](COS(=O)(=O)c2ccc(C)cc2)COc2ccc(c(C)c2Cl)-c2c(-c3ccc(F)cc3)sc3ncnc(c23)O1. The molecule has 0 unspecified atom stereocenters. The number of halogens is 2. The van der Waals surface area contributed by atoms with Crippen LogP contribution in [0.3, 0.4) is 0 Å². The minimum absolute atomic E-state index is 0.0156. The lowest BCUT2D eigenvalue weighted by Crippen LogP contribution is -2.32. The minimum Gasteiger partial charge on any atom is -0.496 e. The third-order valence-electron chi connectivity index (χ3n) is 11.3. The molecule has 3 aromatic heterocycles. The van der Waals surface area contributed by atoms with E-state index in [-0.39, 0.29) is 53.5 Å². The van der Waals surface area contributed by atoms with Crippen molar-refractivity contribution < 1.29 is 50.2 Å². The van der Waals surface area contributed by atoms with Crippen LogP contribution in [0.1, 0.15) is 29.3 Å². The van der Waals surface area contributed by atoms with Crippen molar-refractivity contribution in [1.29, 1.82) is 0 Å². The fraction of sp³-hybridized carbons (Fsp3) is 0.212. The molecule has 8 aromatic rings. The van der Waals surface area contributed by atoms with Crippen LogP contribution in [0.15, 0.2) is 127 Å². The second-order valence-electron chi connectivity index (χ2n) is 16.0. The lowest BCUT2D eigenvalue weighted by atomic mass is 9.96. The standard InChI is InChI=1S/C52H44ClFN4O10S2/c1-5-63-52(59)44-25-33-24-36(16-20-41(33)64-26-35-22-23-55-49(58-35)40-8-6-7-9-42(40)62-4)67-37(28-66-70(60,61)38-17-10-30(2)11-18-38)27-65-43-21-19-39(31(3)47(43)53)45-46-50(68-44)56-29-57-51(46)69-48(45)32-12-14-34(54)15-13-32/h6-24,29,37,44H,5,25-28H2,1-4H3/t37-,44-/m1/s1. The highest BCUT2D eigenvalue weighted by Gasteiger charge is 2.31. The summed E-state index contributed by atoms with van der Waals surface area (Å²) < 4.78 is 84.1. The van der Waals surface area contributed by atoms with Gasteiger partial charge in [-0.3, -0.25) is 4.18 Å². The van der Waals surface area contributed by atoms with E-state index in [0.717, 1.165) is 5.56 Å². The summed E-state index contributed by atoms with van der Waals surface area (Å²) in [6, 6.07) is 30.0. The molecule has 0 amide bonds. The quantitative estimate of drug-likeness (QED) is 0.0837. The molecule has 4 bridgehead atoms. The topological polar surface area (TPSA) is 167 Å². The number of para-hydroxylation sites is 1. The van der Waals surface area contributed by atoms with Crippen molar-refractivity contribution in [3.8, 4) is 61.8 Å². The Hall–Kier alpha value is -7.18. The third kappa shape index (κ3) is 10.4. The van der Waals surface area contributed by atoms with Gasteiger partial charge in [-0.15, -0.1) is 11.3 Å². The molecule has 0 fully saturated rings. The Morgan fingerprint density at radius 2 is 1.70 bits per heavy atom. The highest BCUT2D eigenvalue weighted by atomic mass is 35.5. The molecular weight excluding hydrogens is 959 g/mol. The Balaban J connectivity index is 1.16. The molecule has 358 valence electrons. The van der Waals surface area contributed by atoms with E-state index < -0.39 is 40.7 Å². The summed E-state index contributed by atoms with van der Waals surface area (Å²) >= 11 is 8.47. The van der Waals surface area contributed by atoms with Crippen LogP contribution in [0.5, 0.6) is 28.9 Å². The second-order valence-corrected chi connectivity index (χ2v) is 19.0. The number of hydrogen-bond donors (Lipinski definition) is 0. The number of fused-ring (bicyclic) bond motifs is 7. The van der Waals surface area contributed by atoms with Crippen molar-refractivity contribution in [2.75, 3.05) is 26.9 Å². The Kier molecular flexibility index (Phi) is 14.2. The molecule has 10 rings (SSSR count). The molecule has 5 heterocycles. The highest BCUT2D eigenvalue weighted by molar-refractivity contribution is 7.86. The van der Waals surface area contributed by atoms with E-state index in [1.54, 1.807) is 74.8 Å². The van der Waals surface area contributed by atoms with Crippen LogP contribution in [0.2, 0.25) is 5.02 Å². The molecule has 5 aromatic carbocycles. The molecule has 70 heavy (non-hydrogen) atoms. The number of thiophene rings is 1. The third-order valence-corrected chi connectivity index (χ3v) is 14.2. The predicted octanol–water partition coefficient (Wildman–Crippen LogP) is 10.6. The number of carbonyl (C=O) groups excluding carboxylic acids is 1. The normalized spacial score (nSPS) is 14.8. The summed E-state index contributed by atoms with van der Waals surface area (Å²) in [7, 11) is -2.66. The van der Waals surface area contributed by atoms with Gasteiger partial charge in [-0.2, -0.15) is 8.42 Å². The molecular formula is C52H44ClFN4O10S2. The van der Waals surface area contributed by atoms with Gasteiger partial charge < -0.3 is 28.4 Å². The molecule has 14 nitrogen and oxygen atoms in total. The van der Waals surface area contributed by atoms with Gasteiger partial charge in [0, 0.05) is 28.6 Å². The number of methoxy groups -OCH3 is 1. The van der Waals surface area contributed by atoms with Gasteiger partial charge in [-0.1, -0.05) is 59.6 Å². The molecule has 0 saturated heterocycles. The van der Waals surface area contributed by atoms with Crippen LogP contribution >= 0.6 is 22.9 Å². The first kappa shape index (κ1) is 47.9. The van der Waals surface area contributed by atoms with E-state index >= 15 is 0 Å². The van der Waals surface area contributed by atoms with Crippen molar-refractivity contribution in [3.05, 3.63) is 155 Å². The summed E-state index contributed by atoms with van der Waals surface area (Å²) in [5.41, 5.74) is 5.13. The van der Waals surface area contributed by atoms with Crippen molar-refractivity contribution in [2.45, 2.75) is 50.9 Å². The van der Waals surface area contributed by atoms with E-state index in [2.05, 4.69) is 15.0 Å². The molecule has 2 aliphatic heterocycles. The van der Waals surface area contributed by atoms with E-state index in [9.17, 15) is 17.6 Å². The zero-order valence-electron chi connectivity index (χ0n) is 38.2. The molecule has 0 radical (unpaired) electrons. The Morgan fingerprint density at radius 1 is 0.900 bits per heavy atom. The van der Waals surface area contributed by atoms with Crippen molar-refractivity contribution in [2.24, 2.45) is 0 Å². The summed E-state index contributed by atoms with van der Waals surface area (Å²) in [5, 5.41) is 0.734. The van der Waals surface area contributed by atoms with E-state index in [0.29, 0.717) is 71.5 Å². The fourth-order valence-electron chi connectivity index (χ4n) is 7.79. The molecule has 2 atom stereocenters. The number of carbonyl (C=O) groups is 1. The van der Waals surface area contributed by atoms with Gasteiger partial charge in [-0.05, 0) is 104 Å². The summed E-state index contributed by atoms with van der Waals surface area (Å²) in [4.78, 5) is 33.8. The summed E-state index contributed by atoms with van der Waals surface area (Å²) in [6.07, 6.45) is 0.481. The first-order chi connectivity index (χ1) is 33.9. The average molecular weight is 1000 g/mol. The largest absolute Gasteiger partial charge is 0.496 e. The molecule has 18 heteroatoms. The molecule has 0 spiro atoms. The predicted molar refractivity (Wildman–Crippen MR) is 262 cm³/mol. The first-order valence-corrected chi connectivity index (χ1v) is 24.6. The molecule has 0 saturated carbocycles. The van der Waals surface area contributed by atoms with Gasteiger partial charge in [0.1, 0.15) is 59.8 Å². The number of esters is 1. The van der Waals surface area contributed by atoms with E-state index in [1.807, 2.05) is 44.2 Å². The number of ether oxygens (including phenoxy) is 6. The number of aryl methyl sites for hydroxylation is 1. The maximum Gasteiger partial charge on any atom is 0.347 e. The monoisotopic (exact) mass is 1000 g/mol. The average Bonchev–Trinajstić information content (AvgIpc) is 3.76. The van der Waals surface area contributed by atoms with Gasteiger partial charge in [0.15, 0.2) is 11.9 Å². The van der Waals surface area contributed by atoms with E-state index in [4.69, 9.17) is 49.2 Å². The van der Waals surface area contributed by atoms with Crippen LogP contribution in [0.4, 0.5) is 4.39 Å². The van der Waals surface area contributed by atoms with Gasteiger partial charge >= 0.3 is 5.97 Å². The zero-order chi connectivity index (χ0) is 48.9. The van der Waals surface area contributed by atoms with Gasteiger partial charge in [0.05, 0.1) is 40.3 Å². The van der Waals surface area contributed by atoms with E-state index in [1.165, 1.54) is 41.9 Å². The molecule has 0 N–H and O–H groups in total. The van der Waals surface area contributed by atoms with Crippen LogP contribution in [-0.4, -0.2) is 73.5 Å². The lowest BCUT2D eigenvalue weighted by molar-refractivity contribution is -0.151. The van der Waals surface area contributed by atoms with Gasteiger partial charge in [0.2, 0.25) is 12.0 Å². The van der Waals surface area contributed by atoms with Gasteiger partial charge in [0.25, 0.3) is 10.1 Å². The van der Waals surface area contributed by atoms with Crippen LogP contribution in [0, 0.1) is 19.7 Å². The van der Waals surface area contributed by atoms with Crippen molar-refractivity contribution in [3.63, 3.8) is 0 Å². The first-order valence-electron chi connectivity index (χ1n) is 22.0. The number of aromatic nitrogens is 4. The summed E-state index contributed by atoms with van der Waals surface area (Å²) in [6.45, 7) is 4.71. The Labute approximate surface area is 412 Å². The van der Waals surface area contributed by atoms with Crippen molar-refractivity contribution in [1.82, 2.24) is 19.9 Å².